The predicted octanol–water partition coefficient (Wildman–Crippen LogP) is 4.31. The minimum Gasteiger partial charge on any atom is -0.478 e. The van der Waals surface area contributed by atoms with Crippen molar-refractivity contribution >= 4 is 5.97 Å². The number of rotatable bonds is 2. The van der Waals surface area contributed by atoms with Crippen LogP contribution in [0.25, 0.3) is 0 Å². The quantitative estimate of drug-likeness (QED) is 0.858. The van der Waals surface area contributed by atoms with Crippen LogP contribution >= 0.6 is 0 Å². The molecule has 3 atom stereocenters. The van der Waals surface area contributed by atoms with E-state index in [2.05, 4.69) is 20.8 Å². The fourth-order valence-electron chi connectivity index (χ4n) is 4.57. The zero-order valence-electron chi connectivity index (χ0n) is 11.9. The first-order chi connectivity index (χ1) is 8.86. The topological polar surface area (TPSA) is 37.3 Å². The average molecular weight is 258 g/mol. The summed E-state index contributed by atoms with van der Waals surface area (Å²) < 4.78 is 0. The van der Waals surface area contributed by atoms with Gasteiger partial charge in [-0.2, -0.15) is 0 Å². The monoisotopic (exact) mass is 258 g/mol. The molecule has 0 amide bonds. The van der Waals surface area contributed by atoms with Crippen molar-refractivity contribution in [3.63, 3.8) is 0 Å². The molecule has 2 heteroatoms. The molecule has 2 fully saturated rings. The number of carbonyl (C=O) groups is 1. The Balaban J connectivity index is 1.94. The van der Waals surface area contributed by atoms with Gasteiger partial charge in [-0.05, 0) is 59.6 Å². The van der Waals surface area contributed by atoms with Crippen molar-refractivity contribution in [2.75, 3.05) is 0 Å². The van der Waals surface area contributed by atoms with E-state index in [1.54, 1.807) is 12.1 Å². The Hall–Kier alpha value is -1.31. The molecule has 0 spiro atoms. The largest absolute Gasteiger partial charge is 0.478 e. The van der Waals surface area contributed by atoms with Gasteiger partial charge in [-0.1, -0.05) is 32.9 Å². The fourth-order valence-corrected chi connectivity index (χ4v) is 4.57. The van der Waals surface area contributed by atoms with Gasteiger partial charge in [0.15, 0.2) is 0 Å². The highest BCUT2D eigenvalue weighted by Gasteiger charge is 2.61. The van der Waals surface area contributed by atoms with Crippen LogP contribution in [-0.2, 0) is 0 Å². The number of hydrogen-bond donors (Lipinski definition) is 1. The van der Waals surface area contributed by atoms with Crippen molar-refractivity contribution in [2.45, 2.75) is 46.0 Å². The summed E-state index contributed by atoms with van der Waals surface area (Å²) in [6.45, 7) is 7.25. The lowest BCUT2D eigenvalue weighted by atomic mass is 9.65. The predicted molar refractivity (Wildman–Crippen MR) is 75.4 cm³/mol. The first kappa shape index (κ1) is 12.7. The van der Waals surface area contributed by atoms with Gasteiger partial charge in [0, 0.05) is 0 Å². The van der Waals surface area contributed by atoms with E-state index in [9.17, 15) is 4.79 Å². The zero-order chi connectivity index (χ0) is 13.8. The third-order valence-corrected chi connectivity index (χ3v) is 6.35. The molecule has 102 valence electrons. The second-order valence-electron chi connectivity index (χ2n) is 7.09. The van der Waals surface area contributed by atoms with Crippen LogP contribution in [0.2, 0.25) is 0 Å². The van der Waals surface area contributed by atoms with Crippen molar-refractivity contribution < 1.29 is 9.90 Å². The number of benzene rings is 1. The molecule has 2 saturated carbocycles. The van der Waals surface area contributed by atoms with Gasteiger partial charge in [-0.25, -0.2) is 4.79 Å². The molecule has 0 heterocycles. The van der Waals surface area contributed by atoms with Gasteiger partial charge in [0.05, 0.1) is 5.56 Å². The van der Waals surface area contributed by atoms with Crippen molar-refractivity contribution in [2.24, 2.45) is 16.7 Å². The summed E-state index contributed by atoms with van der Waals surface area (Å²) in [5.74, 6) is 0.566. The molecule has 1 aromatic carbocycles. The number of hydrogen-bond acceptors (Lipinski definition) is 1. The molecule has 2 aliphatic carbocycles. The van der Waals surface area contributed by atoms with Gasteiger partial charge < -0.3 is 5.11 Å². The number of carboxylic acids is 1. The van der Waals surface area contributed by atoms with Gasteiger partial charge in [-0.15, -0.1) is 0 Å². The van der Waals surface area contributed by atoms with Crippen LogP contribution < -0.4 is 0 Å². The molecule has 0 radical (unpaired) electrons. The Morgan fingerprint density at radius 3 is 2.26 bits per heavy atom. The summed E-state index contributed by atoms with van der Waals surface area (Å²) in [7, 11) is 0. The molecule has 2 nitrogen and oxygen atoms in total. The summed E-state index contributed by atoms with van der Waals surface area (Å²) in [5.41, 5.74) is 2.48. The molecular weight excluding hydrogens is 236 g/mol. The highest BCUT2D eigenvalue weighted by atomic mass is 16.4. The van der Waals surface area contributed by atoms with E-state index in [1.807, 2.05) is 12.1 Å². The van der Waals surface area contributed by atoms with Crippen LogP contribution in [-0.4, -0.2) is 11.1 Å². The standard InChI is InChI=1S/C17H22O2/c1-16(2)13-8-9-17(16,3)14(10-13)11-4-6-12(7-5-11)15(18)19/h4-7,13-14H,8-10H2,1-3H3,(H,18,19). The van der Waals surface area contributed by atoms with Crippen molar-refractivity contribution in [3.8, 4) is 0 Å². The fraction of sp³-hybridized carbons (Fsp3) is 0.588. The van der Waals surface area contributed by atoms with E-state index >= 15 is 0 Å². The molecule has 19 heavy (non-hydrogen) atoms. The van der Waals surface area contributed by atoms with Crippen LogP contribution in [0, 0.1) is 16.7 Å². The normalized spacial score (nSPS) is 35.5. The molecular formula is C17H22O2. The number of fused-ring (bicyclic) bond motifs is 2. The summed E-state index contributed by atoms with van der Waals surface area (Å²) in [6.07, 6.45) is 3.92. The van der Waals surface area contributed by atoms with Gasteiger partial charge in [0.2, 0.25) is 0 Å². The van der Waals surface area contributed by atoms with Crippen molar-refractivity contribution in [1.29, 1.82) is 0 Å². The minimum absolute atomic E-state index is 0.363. The van der Waals surface area contributed by atoms with E-state index in [0.29, 0.717) is 22.3 Å². The van der Waals surface area contributed by atoms with E-state index in [4.69, 9.17) is 5.11 Å². The molecule has 3 unspecified atom stereocenters. The molecule has 3 rings (SSSR count). The van der Waals surface area contributed by atoms with Gasteiger partial charge >= 0.3 is 5.97 Å². The maximum absolute atomic E-state index is 10.9. The number of carboxylic acid groups (broad SMARTS) is 1. The summed E-state index contributed by atoms with van der Waals surface area (Å²) in [4.78, 5) is 10.9. The lowest BCUT2D eigenvalue weighted by molar-refractivity contribution is 0.0697. The molecule has 1 N–H and O–H groups in total. The maximum atomic E-state index is 10.9. The Labute approximate surface area is 114 Å². The molecule has 0 saturated heterocycles. The minimum atomic E-state index is -0.842. The van der Waals surface area contributed by atoms with Crippen LogP contribution in [0.3, 0.4) is 0 Å². The van der Waals surface area contributed by atoms with Gasteiger partial charge in [-0.3, -0.25) is 0 Å². The third kappa shape index (κ3) is 1.58. The van der Waals surface area contributed by atoms with Gasteiger partial charge in [0.25, 0.3) is 0 Å². The Morgan fingerprint density at radius 2 is 1.84 bits per heavy atom. The van der Waals surface area contributed by atoms with E-state index in [-0.39, 0.29) is 0 Å². The Kier molecular flexibility index (Phi) is 2.57. The van der Waals surface area contributed by atoms with Gasteiger partial charge in [0.1, 0.15) is 0 Å². The van der Waals surface area contributed by atoms with E-state index < -0.39 is 5.97 Å². The molecule has 2 aliphatic rings. The first-order valence-corrected chi connectivity index (χ1v) is 7.19. The lowest BCUT2D eigenvalue weighted by Crippen LogP contribution is -2.31. The smallest absolute Gasteiger partial charge is 0.335 e. The Morgan fingerprint density at radius 1 is 1.21 bits per heavy atom. The molecule has 0 aromatic heterocycles. The van der Waals surface area contributed by atoms with Crippen LogP contribution in [0.15, 0.2) is 24.3 Å². The van der Waals surface area contributed by atoms with Crippen LogP contribution in [0.1, 0.15) is 61.9 Å². The third-order valence-electron chi connectivity index (χ3n) is 6.35. The average Bonchev–Trinajstić information content (AvgIpc) is 2.71. The van der Waals surface area contributed by atoms with Crippen molar-refractivity contribution in [1.82, 2.24) is 0 Å². The lowest BCUT2D eigenvalue weighted by Gasteiger charge is -2.39. The maximum Gasteiger partial charge on any atom is 0.335 e. The highest BCUT2D eigenvalue weighted by Crippen LogP contribution is 2.70. The Bertz CT molecular complexity index is 515. The molecule has 1 aromatic rings. The first-order valence-electron chi connectivity index (χ1n) is 7.19. The summed E-state index contributed by atoms with van der Waals surface area (Å²) >= 11 is 0. The zero-order valence-corrected chi connectivity index (χ0v) is 11.9. The second-order valence-corrected chi connectivity index (χ2v) is 7.09. The second kappa shape index (κ2) is 3.84. The summed E-state index contributed by atoms with van der Waals surface area (Å²) in [6, 6.07) is 7.55. The molecule has 2 bridgehead atoms. The van der Waals surface area contributed by atoms with Crippen LogP contribution in [0.5, 0.6) is 0 Å². The summed E-state index contributed by atoms with van der Waals surface area (Å²) in [5, 5.41) is 8.98. The van der Waals surface area contributed by atoms with Crippen molar-refractivity contribution in [3.05, 3.63) is 35.4 Å². The SMILES string of the molecule is CC1(C)C2CCC1(C)C(c1ccc(C(=O)O)cc1)C2. The molecule has 0 aliphatic heterocycles. The highest BCUT2D eigenvalue weighted by molar-refractivity contribution is 5.87. The number of aromatic carboxylic acids is 1. The van der Waals surface area contributed by atoms with Crippen LogP contribution in [0.4, 0.5) is 0 Å². The van der Waals surface area contributed by atoms with E-state index in [1.165, 1.54) is 24.8 Å². The van der Waals surface area contributed by atoms with E-state index in [0.717, 1.165) is 5.92 Å².